The molecular weight excluding hydrogens is 220 g/mol. The maximum Gasteiger partial charge on any atom is 0.261 e. The summed E-state index contributed by atoms with van der Waals surface area (Å²) in [5, 5.41) is 15.8. The summed E-state index contributed by atoms with van der Waals surface area (Å²) in [6.07, 6.45) is 1.40. The Morgan fingerprint density at radius 1 is 1.53 bits per heavy atom. The van der Waals surface area contributed by atoms with E-state index in [1.54, 1.807) is 19.2 Å². The van der Waals surface area contributed by atoms with Crippen LogP contribution in [0.1, 0.15) is 10.4 Å². The lowest BCUT2D eigenvalue weighted by molar-refractivity contribution is 0.102. The average Bonchev–Trinajstić information content (AvgIpc) is 2.60. The fourth-order valence-electron chi connectivity index (χ4n) is 1.40. The number of hydrogen-bond donors (Lipinski definition) is 3. The summed E-state index contributed by atoms with van der Waals surface area (Å²) in [6.45, 7) is 0. The van der Waals surface area contributed by atoms with E-state index in [1.165, 1.54) is 23.0 Å². The summed E-state index contributed by atoms with van der Waals surface area (Å²) in [4.78, 5) is 11.8. The van der Waals surface area contributed by atoms with Crippen LogP contribution in [0.4, 0.5) is 11.5 Å². The number of carbonyl (C=O) groups is 1. The highest BCUT2D eigenvalue weighted by molar-refractivity contribution is 6.07. The van der Waals surface area contributed by atoms with E-state index in [9.17, 15) is 9.90 Å². The van der Waals surface area contributed by atoms with Crippen LogP contribution in [0.25, 0.3) is 0 Å². The van der Waals surface area contributed by atoms with Crippen molar-refractivity contribution in [3.63, 3.8) is 0 Å². The van der Waals surface area contributed by atoms with E-state index in [1.807, 2.05) is 0 Å². The smallest absolute Gasteiger partial charge is 0.261 e. The van der Waals surface area contributed by atoms with Crippen LogP contribution in [0, 0.1) is 0 Å². The van der Waals surface area contributed by atoms with Gasteiger partial charge in [-0.15, -0.1) is 0 Å². The topological polar surface area (TPSA) is 93.2 Å². The molecule has 0 bridgehead atoms. The van der Waals surface area contributed by atoms with Gasteiger partial charge in [-0.25, -0.2) is 0 Å². The molecule has 1 aromatic carbocycles. The first-order valence-corrected chi connectivity index (χ1v) is 4.96. The van der Waals surface area contributed by atoms with Gasteiger partial charge < -0.3 is 16.2 Å². The van der Waals surface area contributed by atoms with Gasteiger partial charge in [0.05, 0.1) is 6.20 Å². The highest BCUT2D eigenvalue weighted by atomic mass is 16.3. The van der Waals surface area contributed by atoms with E-state index in [2.05, 4.69) is 10.4 Å². The third kappa shape index (κ3) is 2.20. The molecule has 0 aliphatic rings. The normalized spacial score (nSPS) is 10.2. The number of benzene rings is 1. The molecule has 6 nitrogen and oxygen atoms in total. The molecule has 6 heteroatoms. The molecule has 17 heavy (non-hydrogen) atoms. The number of aromatic hydroxyl groups is 1. The SMILES string of the molecule is Cn1ncc(C(=O)Nc2cccc(O)c2)c1N. The molecule has 0 unspecified atom stereocenters. The molecule has 4 N–H and O–H groups in total. The summed E-state index contributed by atoms with van der Waals surface area (Å²) < 4.78 is 1.41. The molecule has 0 atom stereocenters. The first-order chi connectivity index (χ1) is 8.08. The minimum Gasteiger partial charge on any atom is -0.508 e. The molecule has 88 valence electrons. The van der Waals surface area contributed by atoms with Crippen molar-refractivity contribution in [2.75, 3.05) is 11.1 Å². The van der Waals surface area contributed by atoms with Crippen LogP contribution in [0.2, 0.25) is 0 Å². The minimum atomic E-state index is -0.360. The van der Waals surface area contributed by atoms with E-state index in [4.69, 9.17) is 5.73 Å². The highest BCUT2D eigenvalue weighted by Crippen LogP contribution is 2.17. The number of phenolic OH excluding ortho intramolecular Hbond substituents is 1. The molecule has 1 heterocycles. The molecule has 0 saturated heterocycles. The number of nitrogens with one attached hydrogen (secondary N) is 1. The molecule has 1 amide bonds. The summed E-state index contributed by atoms with van der Waals surface area (Å²) in [7, 11) is 1.65. The second-order valence-electron chi connectivity index (χ2n) is 3.57. The summed E-state index contributed by atoms with van der Waals surface area (Å²) in [5.41, 5.74) is 6.48. The van der Waals surface area contributed by atoms with Crippen molar-refractivity contribution in [3.05, 3.63) is 36.0 Å². The number of nitrogens with zero attached hydrogens (tertiary/aromatic N) is 2. The van der Waals surface area contributed by atoms with Gasteiger partial charge in [0.15, 0.2) is 0 Å². The van der Waals surface area contributed by atoms with Crippen LogP contribution >= 0.6 is 0 Å². The predicted octanol–water partition coefficient (Wildman–Crippen LogP) is 0.960. The molecule has 0 spiro atoms. The van der Waals surface area contributed by atoms with Gasteiger partial charge >= 0.3 is 0 Å². The van der Waals surface area contributed by atoms with Gasteiger partial charge in [0.1, 0.15) is 17.1 Å². The van der Waals surface area contributed by atoms with Crippen molar-refractivity contribution in [3.8, 4) is 5.75 Å². The lowest BCUT2D eigenvalue weighted by Gasteiger charge is -2.04. The standard InChI is InChI=1S/C11H12N4O2/c1-15-10(12)9(6-13-15)11(17)14-7-3-2-4-8(16)5-7/h2-6,16H,12H2,1H3,(H,14,17). The van der Waals surface area contributed by atoms with E-state index < -0.39 is 0 Å². The fourth-order valence-corrected chi connectivity index (χ4v) is 1.40. The minimum absolute atomic E-state index is 0.0851. The maximum atomic E-state index is 11.8. The zero-order valence-corrected chi connectivity index (χ0v) is 9.21. The Labute approximate surface area is 97.7 Å². The largest absolute Gasteiger partial charge is 0.508 e. The summed E-state index contributed by atoms with van der Waals surface area (Å²) >= 11 is 0. The van der Waals surface area contributed by atoms with E-state index in [-0.39, 0.29) is 11.7 Å². The number of amides is 1. The number of nitrogen functional groups attached to an aromatic ring is 1. The van der Waals surface area contributed by atoms with Crippen LogP contribution in [0.5, 0.6) is 5.75 Å². The molecule has 2 aromatic rings. The zero-order chi connectivity index (χ0) is 12.4. The first-order valence-electron chi connectivity index (χ1n) is 4.96. The molecule has 2 rings (SSSR count). The van der Waals surface area contributed by atoms with Crippen molar-refractivity contribution in [2.45, 2.75) is 0 Å². The van der Waals surface area contributed by atoms with E-state index >= 15 is 0 Å². The number of aryl methyl sites for hydroxylation is 1. The Kier molecular flexibility index (Phi) is 2.70. The Bertz CT molecular complexity index is 562. The van der Waals surface area contributed by atoms with Crippen LogP contribution in [-0.4, -0.2) is 20.8 Å². The summed E-state index contributed by atoms with van der Waals surface area (Å²) in [6, 6.07) is 6.28. The van der Waals surface area contributed by atoms with Crippen molar-refractivity contribution in [2.24, 2.45) is 7.05 Å². The fraction of sp³-hybridized carbons (Fsp3) is 0.0909. The number of hydrogen-bond acceptors (Lipinski definition) is 4. The number of nitrogens with two attached hydrogens (primary N) is 1. The summed E-state index contributed by atoms with van der Waals surface area (Å²) in [5.74, 6) is 0.0193. The first kappa shape index (κ1) is 11.0. The Morgan fingerprint density at radius 3 is 2.88 bits per heavy atom. The molecule has 0 aliphatic heterocycles. The van der Waals surface area contributed by atoms with Gasteiger partial charge in [0, 0.05) is 18.8 Å². The number of carbonyl (C=O) groups excluding carboxylic acids is 1. The zero-order valence-electron chi connectivity index (χ0n) is 9.21. The van der Waals surface area contributed by atoms with Gasteiger partial charge in [0.25, 0.3) is 5.91 Å². The molecular formula is C11H12N4O2. The molecule has 0 saturated carbocycles. The van der Waals surface area contributed by atoms with Gasteiger partial charge in [-0.3, -0.25) is 9.48 Å². The number of aromatic nitrogens is 2. The van der Waals surface area contributed by atoms with Crippen molar-refractivity contribution in [1.29, 1.82) is 0 Å². The van der Waals surface area contributed by atoms with Crippen LogP contribution < -0.4 is 11.1 Å². The van der Waals surface area contributed by atoms with Crippen LogP contribution in [0.15, 0.2) is 30.5 Å². The second-order valence-corrected chi connectivity index (χ2v) is 3.57. The van der Waals surface area contributed by atoms with Crippen molar-refractivity contribution < 1.29 is 9.90 Å². The van der Waals surface area contributed by atoms with Crippen molar-refractivity contribution in [1.82, 2.24) is 9.78 Å². The van der Waals surface area contributed by atoms with Crippen LogP contribution in [0.3, 0.4) is 0 Å². The van der Waals surface area contributed by atoms with Gasteiger partial charge in [-0.05, 0) is 12.1 Å². The highest BCUT2D eigenvalue weighted by Gasteiger charge is 2.13. The Morgan fingerprint density at radius 2 is 2.29 bits per heavy atom. The monoisotopic (exact) mass is 232 g/mol. The Balaban J connectivity index is 2.20. The Hall–Kier alpha value is -2.50. The predicted molar refractivity (Wildman–Crippen MR) is 63.7 cm³/mol. The van der Waals surface area contributed by atoms with Crippen LogP contribution in [-0.2, 0) is 7.05 Å². The molecule has 0 fully saturated rings. The van der Waals surface area contributed by atoms with E-state index in [0.717, 1.165) is 0 Å². The molecule has 0 radical (unpaired) electrons. The average molecular weight is 232 g/mol. The number of rotatable bonds is 2. The van der Waals surface area contributed by atoms with Gasteiger partial charge in [-0.1, -0.05) is 6.07 Å². The number of phenols is 1. The second kappa shape index (κ2) is 4.17. The quantitative estimate of drug-likeness (QED) is 0.719. The maximum absolute atomic E-state index is 11.8. The third-order valence-corrected chi connectivity index (χ3v) is 2.33. The number of anilines is 2. The lowest BCUT2D eigenvalue weighted by atomic mass is 10.2. The lowest BCUT2D eigenvalue weighted by Crippen LogP contribution is -2.13. The van der Waals surface area contributed by atoms with E-state index in [0.29, 0.717) is 17.1 Å². The van der Waals surface area contributed by atoms with Gasteiger partial charge in [-0.2, -0.15) is 5.10 Å². The van der Waals surface area contributed by atoms with Crippen molar-refractivity contribution >= 4 is 17.4 Å². The molecule has 0 aliphatic carbocycles. The third-order valence-electron chi connectivity index (χ3n) is 2.33. The molecule has 1 aromatic heterocycles. The van der Waals surface area contributed by atoms with Gasteiger partial charge in [0.2, 0.25) is 0 Å².